The third-order valence-electron chi connectivity index (χ3n) is 3.62. The Kier molecular flexibility index (Phi) is 4.88. The summed E-state index contributed by atoms with van der Waals surface area (Å²) >= 11 is 1.31. The molecule has 9 nitrogen and oxygen atoms in total. The summed E-state index contributed by atoms with van der Waals surface area (Å²) in [4.78, 5) is 36.4. The van der Waals surface area contributed by atoms with Crippen molar-refractivity contribution in [1.29, 1.82) is 0 Å². The van der Waals surface area contributed by atoms with Crippen molar-refractivity contribution in [3.05, 3.63) is 34.8 Å². The van der Waals surface area contributed by atoms with Crippen LogP contribution in [0.3, 0.4) is 0 Å². The molecule has 0 saturated carbocycles. The summed E-state index contributed by atoms with van der Waals surface area (Å²) < 4.78 is 5.40. The van der Waals surface area contributed by atoms with Crippen molar-refractivity contribution in [1.82, 2.24) is 25.2 Å². The van der Waals surface area contributed by atoms with Gasteiger partial charge in [0.2, 0.25) is 0 Å². The smallest absolute Gasteiger partial charge is 0.272 e. The van der Waals surface area contributed by atoms with E-state index < -0.39 is 5.60 Å². The van der Waals surface area contributed by atoms with Crippen LogP contribution < -0.4 is 5.32 Å². The number of thiazole rings is 1. The second-order valence-corrected chi connectivity index (χ2v) is 6.24. The van der Waals surface area contributed by atoms with E-state index in [1.165, 1.54) is 28.8 Å². The number of rotatable bonds is 4. The molecule has 0 aromatic carbocycles. The third kappa shape index (κ3) is 3.78. The molecule has 2 aromatic rings. The molecule has 0 aliphatic carbocycles. The highest BCUT2D eigenvalue weighted by atomic mass is 32.1. The number of aliphatic hydroxyl groups is 1. The zero-order valence-electron chi connectivity index (χ0n) is 12.8. The van der Waals surface area contributed by atoms with Crippen LogP contribution in [-0.2, 0) is 4.74 Å². The van der Waals surface area contributed by atoms with Gasteiger partial charge < -0.3 is 25.0 Å². The highest BCUT2D eigenvalue weighted by molar-refractivity contribution is 7.07. The van der Waals surface area contributed by atoms with Crippen LogP contribution in [0.25, 0.3) is 0 Å². The number of hydrogen-bond donors (Lipinski definition) is 3. The Labute approximate surface area is 141 Å². The molecule has 1 saturated heterocycles. The van der Waals surface area contributed by atoms with Gasteiger partial charge in [-0.25, -0.2) is 9.97 Å². The first-order chi connectivity index (χ1) is 11.6. The maximum atomic E-state index is 12.4. The Hall–Kier alpha value is -2.30. The molecule has 1 fully saturated rings. The van der Waals surface area contributed by atoms with Crippen LogP contribution in [0.5, 0.6) is 0 Å². The highest BCUT2D eigenvalue weighted by Gasteiger charge is 2.35. The van der Waals surface area contributed by atoms with Gasteiger partial charge in [0.25, 0.3) is 11.8 Å². The second-order valence-electron chi connectivity index (χ2n) is 5.53. The Balaban J connectivity index is 1.64. The first kappa shape index (κ1) is 16.6. The molecule has 24 heavy (non-hydrogen) atoms. The summed E-state index contributed by atoms with van der Waals surface area (Å²) in [6, 6.07) is 0. The molecule has 3 rings (SSSR count). The Morgan fingerprint density at radius 1 is 1.54 bits per heavy atom. The summed E-state index contributed by atoms with van der Waals surface area (Å²) in [7, 11) is 0. The van der Waals surface area contributed by atoms with Crippen LogP contribution in [0, 0.1) is 0 Å². The van der Waals surface area contributed by atoms with E-state index in [9.17, 15) is 14.7 Å². The number of ether oxygens (including phenoxy) is 1. The SMILES string of the molecule is O=C(NC[C@@]1(O)COCCN(C(=O)c2cnc[nH]2)C1)c1cscn1. The molecule has 1 aliphatic heterocycles. The topological polar surface area (TPSA) is 120 Å². The Bertz CT molecular complexity index is 690. The van der Waals surface area contributed by atoms with E-state index in [2.05, 4.69) is 20.3 Å². The quantitative estimate of drug-likeness (QED) is 0.683. The zero-order valence-corrected chi connectivity index (χ0v) is 13.6. The van der Waals surface area contributed by atoms with Gasteiger partial charge in [0.1, 0.15) is 17.0 Å². The summed E-state index contributed by atoms with van der Waals surface area (Å²) in [5.41, 5.74) is 0.815. The van der Waals surface area contributed by atoms with E-state index in [-0.39, 0.29) is 31.5 Å². The highest BCUT2D eigenvalue weighted by Crippen LogP contribution is 2.14. The Morgan fingerprint density at radius 3 is 3.12 bits per heavy atom. The fourth-order valence-electron chi connectivity index (χ4n) is 2.40. The van der Waals surface area contributed by atoms with Crippen LogP contribution in [0.2, 0.25) is 0 Å². The summed E-state index contributed by atoms with van der Waals surface area (Å²) in [5.74, 6) is -0.650. The first-order valence-electron chi connectivity index (χ1n) is 7.32. The van der Waals surface area contributed by atoms with Gasteiger partial charge in [0.15, 0.2) is 0 Å². The number of imidazole rings is 1. The molecule has 0 spiro atoms. The van der Waals surface area contributed by atoms with E-state index in [1.807, 2.05) is 0 Å². The summed E-state index contributed by atoms with van der Waals surface area (Å²) in [6.07, 6.45) is 2.85. The minimum Gasteiger partial charge on any atom is -0.384 e. The monoisotopic (exact) mass is 351 g/mol. The lowest BCUT2D eigenvalue weighted by molar-refractivity contribution is -0.0324. The van der Waals surface area contributed by atoms with Crippen LogP contribution in [-0.4, -0.2) is 75.2 Å². The minimum absolute atomic E-state index is 0.0249. The largest absolute Gasteiger partial charge is 0.384 e. The number of H-pyrrole nitrogens is 1. The van der Waals surface area contributed by atoms with Gasteiger partial charge in [-0.1, -0.05) is 0 Å². The molecule has 0 bridgehead atoms. The van der Waals surface area contributed by atoms with Crippen LogP contribution in [0.15, 0.2) is 23.4 Å². The lowest BCUT2D eigenvalue weighted by Gasteiger charge is -2.30. The van der Waals surface area contributed by atoms with Crippen LogP contribution >= 0.6 is 11.3 Å². The maximum Gasteiger partial charge on any atom is 0.272 e. The molecule has 1 atom stereocenters. The molecule has 3 heterocycles. The van der Waals surface area contributed by atoms with Crippen molar-refractivity contribution in [2.75, 3.05) is 32.8 Å². The fraction of sp³-hybridized carbons (Fsp3) is 0.429. The van der Waals surface area contributed by atoms with Crippen molar-refractivity contribution in [2.24, 2.45) is 0 Å². The van der Waals surface area contributed by atoms with Gasteiger partial charge in [-0.15, -0.1) is 11.3 Å². The number of hydrogen-bond acceptors (Lipinski definition) is 7. The van der Waals surface area contributed by atoms with Gasteiger partial charge in [0.05, 0.1) is 44.3 Å². The number of aromatic nitrogens is 3. The van der Waals surface area contributed by atoms with Gasteiger partial charge in [-0.3, -0.25) is 9.59 Å². The number of carbonyl (C=O) groups excluding carboxylic acids is 2. The fourth-order valence-corrected chi connectivity index (χ4v) is 2.93. The number of aromatic amines is 1. The number of amides is 2. The number of nitrogens with one attached hydrogen (secondary N) is 2. The maximum absolute atomic E-state index is 12.4. The number of carbonyl (C=O) groups is 2. The minimum atomic E-state index is -1.38. The molecule has 128 valence electrons. The lowest BCUT2D eigenvalue weighted by Crippen LogP contribution is -2.53. The van der Waals surface area contributed by atoms with Crippen molar-refractivity contribution in [2.45, 2.75) is 5.60 Å². The van der Waals surface area contributed by atoms with E-state index in [1.54, 1.807) is 10.9 Å². The molecule has 0 radical (unpaired) electrons. The standard InChI is InChI=1S/C14H17N5O4S/c20-12(11-4-24-9-18-11)16-5-14(22)6-19(1-2-23-7-14)13(21)10-3-15-8-17-10/h3-4,8-9,22H,1-2,5-7H2,(H,15,17)(H,16,20)/t14-/m0/s1. The van der Waals surface area contributed by atoms with Crippen LogP contribution in [0.4, 0.5) is 0 Å². The molecule has 1 aliphatic rings. The molecule has 3 N–H and O–H groups in total. The molecule has 2 amide bonds. The Morgan fingerprint density at radius 2 is 2.42 bits per heavy atom. The van der Waals surface area contributed by atoms with E-state index in [0.29, 0.717) is 24.5 Å². The van der Waals surface area contributed by atoms with Crippen molar-refractivity contribution >= 4 is 23.2 Å². The number of β-amino-alcohol motifs (C(OH)–C–C–N with tert-alkyl or cyclic N) is 1. The van der Waals surface area contributed by atoms with Gasteiger partial charge >= 0.3 is 0 Å². The predicted octanol–water partition coefficient (Wildman–Crippen LogP) is -0.500. The van der Waals surface area contributed by atoms with Gasteiger partial charge in [-0.05, 0) is 0 Å². The average molecular weight is 351 g/mol. The molecule has 0 unspecified atom stereocenters. The molecule has 2 aromatic heterocycles. The van der Waals surface area contributed by atoms with Gasteiger partial charge in [-0.2, -0.15) is 0 Å². The van der Waals surface area contributed by atoms with Crippen molar-refractivity contribution < 1.29 is 19.4 Å². The molecular formula is C14H17N5O4S. The first-order valence-corrected chi connectivity index (χ1v) is 8.26. The summed E-state index contributed by atoms with van der Waals surface area (Å²) in [6.45, 7) is 0.678. The number of nitrogens with zero attached hydrogens (tertiary/aromatic N) is 3. The summed E-state index contributed by atoms with van der Waals surface area (Å²) in [5, 5.41) is 15.0. The third-order valence-corrected chi connectivity index (χ3v) is 4.21. The van der Waals surface area contributed by atoms with Crippen molar-refractivity contribution in [3.63, 3.8) is 0 Å². The average Bonchev–Trinajstić information content (AvgIpc) is 3.25. The van der Waals surface area contributed by atoms with Gasteiger partial charge in [0, 0.05) is 11.9 Å². The predicted molar refractivity (Wildman–Crippen MR) is 84.7 cm³/mol. The molecular weight excluding hydrogens is 334 g/mol. The second kappa shape index (κ2) is 7.07. The lowest BCUT2D eigenvalue weighted by atomic mass is 10.0. The van der Waals surface area contributed by atoms with Crippen molar-refractivity contribution in [3.8, 4) is 0 Å². The molecule has 10 heteroatoms. The van der Waals surface area contributed by atoms with E-state index >= 15 is 0 Å². The van der Waals surface area contributed by atoms with Crippen LogP contribution in [0.1, 0.15) is 21.0 Å². The van der Waals surface area contributed by atoms with E-state index in [0.717, 1.165) is 0 Å². The zero-order chi connectivity index (χ0) is 17.0. The normalized spacial score (nSPS) is 21.3. The van der Waals surface area contributed by atoms with E-state index in [4.69, 9.17) is 4.74 Å².